The Morgan fingerprint density at radius 1 is 0.861 bits per heavy atom. The summed E-state index contributed by atoms with van der Waals surface area (Å²) in [6.07, 6.45) is 6.77. The molecule has 0 saturated heterocycles. The number of benzene rings is 3. The summed E-state index contributed by atoms with van der Waals surface area (Å²) in [6, 6.07) is 33.5. The van der Waals surface area contributed by atoms with Crippen molar-refractivity contribution in [1.82, 2.24) is 14.5 Å². The summed E-state index contributed by atoms with van der Waals surface area (Å²) in [5, 5.41) is 18.0. The zero-order valence-corrected chi connectivity index (χ0v) is 21.5. The van der Waals surface area contributed by atoms with Crippen molar-refractivity contribution < 1.29 is 20.1 Å². The molecule has 5 aromatic rings. The van der Waals surface area contributed by atoms with Crippen molar-refractivity contribution in [3.05, 3.63) is 120 Å². The average Bonchev–Trinajstić information content (AvgIpc) is 3.43. The maximum absolute atomic E-state index is 9.06. The fourth-order valence-corrected chi connectivity index (χ4v) is 4.03. The van der Waals surface area contributed by atoms with E-state index in [2.05, 4.69) is 32.7 Å². The molecule has 0 fully saturated rings. The largest absolute Gasteiger partial charge is 0.371 e. The van der Waals surface area contributed by atoms with Gasteiger partial charge in [0.25, 0.3) is 0 Å². The second kappa shape index (κ2) is 11.4. The second-order valence-corrected chi connectivity index (χ2v) is 7.95. The zero-order valence-electron chi connectivity index (χ0n) is 19.1. The molecule has 0 saturated carbocycles. The number of nitriles is 2. The van der Waals surface area contributed by atoms with Gasteiger partial charge in [0.15, 0.2) is 0 Å². The van der Waals surface area contributed by atoms with Gasteiger partial charge >= 0.3 is 0 Å². The van der Waals surface area contributed by atoms with Gasteiger partial charge in [-0.2, -0.15) is 0 Å². The summed E-state index contributed by atoms with van der Waals surface area (Å²) >= 11 is 0. The number of aryl methyl sites for hydroxylation is 2. The minimum absolute atomic E-state index is 0. The minimum Gasteiger partial charge on any atom is -0.371 e. The summed E-state index contributed by atoms with van der Waals surface area (Å²) in [6.45, 7) is 1.04. The molecule has 6 heteroatoms. The predicted octanol–water partition coefficient (Wildman–Crippen LogP) is 5.86. The Morgan fingerprint density at radius 2 is 1.72 bits per heavy atom. The normalized spacial score (nSPS) is 10.8. The number of hydrogen-bond donors (Lipinski definition) is 0. The fourth-order valence-electron chi connectivity index (χ4n) is 4.03. The summed E-state index contributed by atoms with van der Waals surface area (Å²) in [7, 11) is 0. The minimum atomic E-state index is 0. The number of aromatic nitrogens is 3. The smallest absolute Gasteiger partial charge is 0.0584 e. The maximum atomic E-state index is 9.06. The number of pyridine rings is 1. The topological polar surface area (TPSA) is 78.3 Å². The van der Waals surface area contributed by atoms with Crippen LogP contribution in [-0.4, -0.2) is 14.5 Å². The first-order valence-corrected chi connectivity index (χ1v) is 11.2. The molecule has 0 N–H and O–H groups in total. The van der Waals surface area contributed by atoms with E-state index in [9.17, 15) is 0 Å². The molecule has 0 atom stereocenters. The fraction of sp³-hybridized carbons (Fsp3) is 0.0667. The number of nitrogens with zero attached hydrogens (tertiary/aromatic N) is 5. The van der Waals surface area contributed by atoms with E-state index in [1.165, 1.54) is 11.1 Å². The molecular weight excluding hydrogens is 623 g/mol. The Kier molecular flexibility index (Phi) is 7.83. The Balaban J connectivity index is 0.000000185. The molecule has 6 rings (SSSR count). The van der Waals surface area contributed by atoms with E-state index < -0.39 is 0 Å². The van der Waals surface area contributed by atoms with Crippen molar-refractivity contribution in [3.63, 3.8) is 0 Å². The third-order valence-electron chi connectivity index (χ3n) is 5.83. The van der Waals surface area contributed by atoms with E-state index in [0.717, 1.165) is 35.6 Å². The molecule has 2 aromatic heterocycles. The molecule has 1 radical (unpaired) electrons. The van der Waals surface area contributed by atoms with Gasteiger partial charge in [-0.1, -0.05) is 48.0 Å². The van der Waals surface area contributed by atoms with Crippen molar-refractivity contribution in [2.75, 3.05) is 0 Å². The van der Waals surface area contributed by atoms with Gasteiger partial charge in [-0.3, -0.25) is 9.97 Å². The molecule has 1 aliphatic heterocycles. The van der Waals surface area contributed by atoms with Crippen molar-refractivity contribution in [3.8, 4) is 45.9 Å². The summed E-state index contributed by atoms with van der Waals surface area (Å²) in [5.74, 6) is 1.06. The molecule has 0 aliphatic carbocycles. The number of fused-ring (bicyclic) bond motifs is 3. The number of rotatable bonds is 2. The van der Waals surface area contributed by atoms with Crippen LogP contribution in [0.25, 0.3) is 33.8 Å². The molecule has 5 nitrogen and oxygen atoms in total. The van der Waals surface area contributed by atoms with Gasteiger partial charge in [0, 0.05) is 50.9 Å². The van der Waals surface area contributed by atoms with Crippen LogP contribution in [0.15, 0.2) is 91.4 Å². The Bertz CT molecular complexity index is 1560. The van der Waals surface area contributed by atoms with Crippen molar-refractivity contribution in [2.24, 2.45) is 0 Å². The van der Waals surface area contributed by atoms with Gasteiger partial charge in [-0.25, -0.2) is 10.5 Å². The molecular formula is C30H19IrN5-2. The quantitative estimate of drug-likeness (QED) is 0.226. The van der Waals surface area contributed by atoms with Crippen LogP contribution in [-0.2, 0) is 33.1 Å². The van der Waals surface area contributed by atoms with Crippen LogP contribution in [0.3, 0.4) is 0 Å². The van der Waals surface area contributed by atoms with Gasteiger partial charge in [0.1, 0.15) is 0 Å². The molecule has 1 aliphatic rings. The van der Waals surface area contributed by atoms with Crippen LogP contribution in [0.4, 0.5) is 0 Å². The molecule has 0 unspecified atom stereocenters. The number of hydrogen-bond acceptors (Lipinski definition) is 4. The summed E-state index contributed by atoms with van der Waals surface area (Å²) in [4.78, 5) is 8.76. The summed E-state index contributed by atoms with van der Waals surface area (Å²) in [5.41, 5.74) is 6.65. The first-order valence-electron chi connectivity index (χ1n) is 11.2. The molecule has 0 amide bonds. The Labute approximate surface area is 223 Å². The van der Waals surface area contributed by atoms with Gasteiger partial charge in [0.05, 0.1) is 11.9 Å². The van der Waals surface area contributed by atoms with Crippen LogP contribution < -0.4 is 0 Å². The molecule has 175 valence electrons. The van der Waals surface area contributed by atoms with E-state index in [0.29, 0.717) is 11.1 Å². The first kappa shape index (κ1) is 24.8. The molecule has 3 heterocycles. The first-order chi connectivity index (χ1) is 17.3. The Morgan fingerprint density at radius 3 is 2.47 bits per heavy atom. The van der Waals surface area contributed by atoms with Gasteiger partial charge in [0.2, 0.25) is 0 Å². The molecule has 3 aromatic carbocycles. The van der Waals surface area contributed by atoms with E-state index >= 15 is 0 Å². The van der Waals surface area contributed by atoms with Crippen LogP contribution >= 0.6 is 0 Å². The van der Waals surface area contributed by atoms with Gasteiger partial charge in [-0.05, 0) is 34.7 Å². The van der Waals surface area contributed by atoms with E-state index in [4.69, 9.17) is 10.5 Å². The third-order valence-corrected chi connectivity index (χ3v) is 5.83. The molecule has 0 spiro atoms. The van der Waals surface area contributed by atoms with Gasteiger partial charge < -0.3 is 4.57 Å². The second-order valence-electron chi connectivity index (χ2n) is 7.95. The average molecular weight is 642 g/mol. The van der Waals surface area contributed by atoms with Crippen molar-refractivity contribution in [2.45, 2.75) is 13.0 Å². The number of imidazole rings is 1. The SMILES string of the molecule is N#Cc1[c-]c(-c2ccc(-c3ccccc3)cn2)ccc1C#N.[Ir].[c-]1cccc2c1-c1nccn1CC2. The molecule has 36 heavy (non-hydrogen) atoms. The van der Waals surface area contributed by atoms with Crippen LogP contribution in [0.5, 0.6) is 0 Å². The summed E-state index contributed by atoms with van der Waals surface area (Å²) < 4.78 is 2.18. The van der Waals surface area contributed by atoms with Crippen LogP contribution in [0.1, 0.15) is 16.7 Å². The van der Waals surface area contributed by atoms with Crippen LogP contribution in [0.2, 0.25) is 0 Å². The van der Waals surface area contributed by atoms with E-state index in [-0.39, 0.29) is 25.7 Å². The Hall–Kier alpha value is -4.35. The maximum Gasteiger partial charge on any atom is 0.0584 e. The van der Waals surface area contributed by atoms with E-state index in [1.807, 2.05) is 79.1 Å². The van der Waals surface area contributed by atoms with Gasteiger partial charge in [-0.15, -0.1) is 53.6 Å². The standard InChI is InChI=1S/C19H10N3.C11H9N2.Ir/c20-11-16-7-6-15(10-18(16)12-21)19-9-8-17(13-22-19)14-4-2-1-3-5-14;1-2-4-10-9(3-1)5-7-13-8-6-12-11(10)13;/h1-9,13H;1-3,6,8H,5,7H2;/q2*-1;. The third kappa shape index (κ3) is 5.16. The molecule has 0 bridgehead atoms. The van der Waals surface area contributed by atoms with Crippen molar-refractivity contribution >= 4 is 0 Å². The predicted molar refractivity (Wildman–Crippen MR) is 134 cm³/mol. The zero-order chi connectivity index (χ0) is 24.0. The monoisotopic (exact) mass is 642 g/mol. The van der Waals surface area contributed by atoms with Crippen molar-refractivity contribution in [1.29, 1.82) is 10.5 Å². The van der Waals surface area contributed by atoms with Crippen LogP contribution in [0, 0.1) is 34.8 Å². The van der Waals surface area contributed by atoms with E-state index in [1.54, 1.807) is 18.3 Å².